The Hall–Kier alpha value is -3.21. The second-order valence-corrected chi connectivity index (χ2v) is 4.98. The van der Waals surface area contributed by atoms with Crippen molar-refractivity contribution >= 4 is 5.91 Å². The quantitative estimate of drug-likeness (QED) is 0.593. The van der Waals surface area contributed by atoms with Crippen molar-refractivity contribution in [2.45, 2.75) is 6.04 Å². The number of carbonyl (C=O) groups is 1. The fraction of sp³-hybridized carbons (Fsp3) is 0.0556. The van der Waals surface area contributed by atoms with Crippen LogP contribution in [0.3, 0.4) is 0 Å². The Balaban J connectivity index is 1.94. The standard InChI is InChI=1S/C18H15N3O2/c22-18(16-11-5-7-13-21(16)23)20-17(14-8-2-1-3-9-14)15-10-4-6-12-19-15/h1-13,17H,(H,20,22)/t17-/m0/s1. The number of benzene rings is 1. The monoisotopic (exact) mass is 305 g/mol. The van der Waals surface area contributed by atoms with Crippen molar-refractivity contribution < 1.29 is 9.52 Å². The van der Waals surface area contributed by atoms with Gasteiger partial charge in [-0.05, 0) is 23.8 Å². The second kappa shape index (κ2) is 6.70. The molecule has 0 fully saturated rings. The zero-order valence-electron chi connectivity index (χ0n) is 12.3. The van der Waals surface area contributed by atoms with Gasteiger partial charge in [-0.15, -0.1) is 0 Å². The maximum atomic E-state index is 12.5. The molecule has 0 aliphatic carbocycles. The summed E-state index contributed by atoms with van der Waals surface area (Å²) in [6, 6.07) is 19.3. The molecule has 0 aliphatic heterocycles. The molecule has 0 saturated carbocycles. The molecule has 0 aliphatic rings. The summed E-state index contributed by atoms with van der Waals surface area (Å²) in [6.45, 7) is 0. The molecule has 3 rings (SSSR count). The minimum absolute atomic E-state index is 0.0457. The molecule has 0 saturated heterocycles. The van der Waals surface area contributed by atoms with Gasteiger partial charge in [-0.2, -0.15) is 4.73 Å². The molecule has 5 heteroatoms. The van der Waals surface area contributed by atoms with Crippen molar-refractivity contribution in [3.05, 3.63) is 101 Å². The summed E-state index contributed by atoms with van der Waals surface area (Å²) < 4.78 is 0.551. The molecule has 0 bridgehead atoms. The Morgan fingerprint density at radius 2 is 1.74 bits per heavy atom. The summed E-state index contributed by atoms with van der Waals surface area (Å²) >= 11 is 0. The van der Waals surface area contributed by atoms with Crippen LogP contribution in [0.1, 0.15) is 27.8 Å². The van der Waals surface area contributed by atoms with E-state index in [1.807, 2.05) is 48.5 Å². The van der Waals surface area contributed by atoms with E-state index < -0.39 is 11.9 Å². The largest absolute Gasteiger partial charge is 0.618 e. The lowest BCUT2D eigenvalue weighted by Crippen LogP contribution is -2.40. The van der Waals surface area contributed by atoms with Gasteiger partial charge in [0.25, 0.3) is 5.69 Å². The second-order valence-electron chi connectivity index (χ2n) is 4.98. The highest BCUT2D eigenvalue weighted by Gasteiger charge is 2.22. The number of carbonyl (C=O) groups excluding carboxylic acids is 1. The predicted octanol–water partition coefficient (Wildman–Crippen LogP) is 2.23. The maximum absolute atomic E-state index is 12.5. The number of hydrogen-bond acceptors (Lipinski definition) is 3. The highest BCUT2D eigenvalue weighted by atomic mass is 16.5. The molecule has 0 unspecified atom stereocenters. The van der Waals surface area contributed by atoms with Gasteiger partial charge >= 0.3 is 5.91 Å². The minimum atomic E-state index is -0.444. The maximum Gasteiger partial charge on any atom is 0.318 e. The molecule has 2 aromatic heterocycles. The van der Waals surface area contributed by atoms with Gasteiger partial charge in [0.05, 0.1) is 11.7 Å². The SMILES string of the molecule is O=C(N[C@@H](c1ccccc1)c1ccccn1)c1cccc[n+]1[O-]. The Morgan fingerprint density at radius 1 is 1.00 bits per heavy atom. The fourth-order valence-corrected chi connectivity index (χ4v) is 2.33. The van der Waals surface area contributed by atoms with Crippen molar-refractivity contribution in [1.29, 1.82) is 0 Å². The van der Waals surface area contributed by atoms with Crippen LogP contribution in [0.15, 0.2) is 79.1 Å². The molecule has 3 aromatic rings. The lowest BCUT2D eigenvalue weighted by Gasteiger charge is -2.18. The van der Waals surface area contributed by atoms with E-state index >= 15 is 0 Å². The number of hydrogen-bond donors (Lipinski definition) is 1. The Kier molecular flexibility index (Phi) is 4.29. The van der Waals surface area contributed by atoms with Crippen molar-refractivity contribution in [3.63, 3.8) is 0 Å². The van der Waals surface area contributed by atoms with Gasteiger partial charge in [0.2, 0.25) is 0 Å². The highest BCUT2D eigenvalue weighted by Crippen LogP contribution is 2.20. The van der Waals surface area contributed by atoms with Gasteiger partial charge in [0, 0.05) is 18.3 Å². The van der Waals surface area contributed by atoms with Crippen LogP contribution >= 0.6 is 0 Å². The molecule has 0 radical (unpaired) electrons. The van der Waals surface area contributed by atoms with Crippen LogP contribution in [0.5, 0.6) is 0 Å². The zero-order valence-corrected chi connectivity index (χ0v) is 12.3. The summed E-state index contributed by atoms with van der Waals surface area (Å²) in [6.07, 6.45) is 2.97. The number of aromatic nitrogens is 2. The molecule has 1 amide bonds. The Morgan fingerprint density at radius 3 is 2.43 bits per heavy atom. The average molecular weight is 305 g/mol. The summed E-state index contributed by atoms with van der Waals surface area (Å²) in [5.41, 5.74) is 1.65. The van der Waals surface area contributed by atoms with Crippen molar-refractivity contribution in [1.82, 2.24) is 10.3 Å². The first kappa shape index (κ1) is 14.7. The summed E-state index contributed by atoms with van der Waals surface area (Å²) in [5.74, 6) is -0.444. The van der Waals surface area contributed by atoms with E-state index in [9.17, 15) is 10.0 Å². The van der Waals surface area contributed by atoms with E-state index in [0.717, 1.165) is 5.56 Å². The van der Waals surface area contributed by atoms with E-state index in [2.05, 4.69) is 10.3 Å². The summed E-state index contributed by atoms with van der Waals surface area (Å²) in [4.78, 5) is 16.8. The molecule has 5 nitrogen and oxygen atoms in total. The molecule has 0 spiro atoms. The van der Waals surface area contributed by atoms with Crippen LogP contribution in [0.4, 0.5) is 0 Å². The lowest BCUT2D eigenvalue weighted by atomic mass is 10.0. The number of rotatable bonds is 4. The van der Waals surface area contributed by atoms with Crippen LogP contribution in [-0.4, -0.2) is 10.9 Å². The third-order valence-electron chi connectivity index (χ3n) is 3.45. The average Bonchev–Trinajstić information content (AvgIpc) is 2.61. The minimum Gasteiger partial charge on any atom is -0.618 e. The van der Waals surface area contributed by atoms with Crippen LogP contribution in [0, 0.1) is 5.21 Å². The molecule has 1 N–H and O–H groups in total. The topological polar surface area (TPSA) is 68.9 Å². The first-order valence-electron chi connectivity index (χ1n) is 7.20. The van der Waals surface area contributed by atoms with E-state index in [1.165, 1.54) is 12.3 Å². The van der Waals surface area contributed by atoms with E-state index in [4.69, 9.17) is 0 Å². The smallest absolute Gasteiger partial charge is 0.318 e. The van der Waals surface area contributed by atoms with Crippen LogP contribution in [-0.2, 0) is 0 Å². The van der Waals surface area contributed by atoms with Gasteiger partial charge in [0.1, 0.15) is 0 Å². The molecular weight excluding hydrogens is 290 g/mol. The van der Waals surface area contributed by atoms with Gasteiger partial charge in [0.15, 0.2) is 6.20 Å². The first-order valence-corrected chi connectivity index (χ1v) is 7.20. The number of pyridine rings is 2. The van der Waals surface area contributed by atoms with E-state index in [1.54, 1.807) is 18.3 Å². The third-order valence-corrected chi connectivity index (χ3v) is 3.45. The number of nitrogens with zero attached hydrogens (tertiary/aromatic N) is 2. The zero-order chi connectivity index (χ0) is 16.1. The lowest BCUT2D eigenvalue weighted by molar-refractivity contribution is -0.607. The number of amides is 1. The molecule has 114 valence electrons. The number of nitrogens with one attached hydrogen (secondary N) is 1. The van der Waals surface area contributed by atoms with Gasteiger partial charge < -0.3 is 10.5 Å². The van der Waals surface area contributed by atoms with Gasteiger partial charge in [-0.25, -0.2) is 0 Å². The summed E-state index contributed by atoms with van der Waals surface area (Å²) in [7, 11) is 0. The third kappa shape index (κ3) is 3.35. The van der Waals surface area contributed by atoms with E-state index in [-0.39, 0.29) is 5.69 Å². The molecule has 1 aromatic carbocycles. The van der Waals surface area contributed by atoms with Gasteiger partial charge in [-0.3, -0.25) is 9.78 Å². The van der Waals surface area contributed by atoms with Crippen LogP contribution in [0.2, 0.25) is 0 Å². The fourth-order valence-electron chi connectivity index (χ4n) is 2.33. The van der Waals surface area contributed by atoms with Crippen molar-refractivity contribution in [2.24, 2.45) is 0 Å². The molecular formula is C18H15N3O2. The van der Waals surface area contributed by atoms with Crippen LogP contribution in [0.25, 0.3) is 0 Å². The summed E-state index contributed by atoms with van der Waals surface area (Å²) in [5, 5.41) is 14.6. The Bertz CT molecular complexity index is 752. The van der Waals surface area contributed by atoms with Crippen molar-refractivity contribution in [2.75, 3.05) is 0 Å². The highest BCUT2D eigenvalue weighted by molar-refractivity contribution is 5.91. The molecule has 2 heterocycles. The predicted molar refractivity (Wildman–Crippen MR) is 85.4 cm³/mol. The first-order chi connectivity index (χ1) is 11.3. The Labute approximate surface area is 133 Å². The van der Waals surface area contributed by atoms with E-state index in [0.29, 0.717) is 10.4 Å². The molecule has 1 atom stereocenters. The van der Waals surface area contributed by atoms with Crippen molar-refractivity contribution in [3.8, 4) is 0 Å². The van der Waals surface area contributed by atoms with Gasteiger partial charge in [-0.1, -0.05) is 36.4 Å². The van der Waals surface area contributed by atoms with Crippen LogP contribution < -0.4 is 10.0 Å². The normalized spacial score (nSPS) is 11.7. The molecule has 23 heavy (non-hydrogen) atoms.